The number of hydrogen-bond acceptors (Lipinski definition) is 3. The van der Waals surface area contributed by atoms with Crippen LogP contribution in [0.2, 0.25) is 5.02 Å². The van der Waals surface area contributed by atoms with Gasteiger partial charge < -0.3 is 10.4 Å². The lowest BCUT2D eigenvalue weighted by Gasteiger charge is -2.18. The Morgan fingerprint density at radius 3 is 2.69 bits per heavy atom. The molecule has 1 aromatic heterocycles. The fourth-order valence-corrected chi connectivity index (χ4v) is 3.92. The molecule has 0 bridgehead atoms. The van der Waals surface area contributed by atoms with E-state index >= 15 is 0 Å². The van der Waals surface area contributed by atoms with Crippen molar-refractivity contribution in [1.82, 2.24) is 5.32 Å². The van der Waals surface area contributed by atoms with Crippen molar-refractivity contribution in [2.24, 2.45) is 0 Å². The summed E-state index contributed by atoms with van der Waals surface area (Å²) >= 11 is 7.58. The Hall–Kier alpha value is -2.21. The van der Waals surface area contributed by atoms with Gasteiger partial charge in [-0.05, 0) is 65.2 Å². The zero-order valence-corrected chi connectivity index (χ0v) is 15.5. The average molecular weight is 390 g/mol. The van der Waals surface area contributed by atoms with E-state index in [9.17, 15) is 14.3 Å². The number of carbonyl (C=O) groups excluding carboxylic acids is 1. The van der Waals surface area contributed by atoms with Crippen LogP contribution in [0, 0.1) is 5.82 Å². The summed E-state index contributed by atoms with van der Waals surface area (Å²) < 4.78 is 13.9. The summed E-state index contributed by atoms with van der Waals surface area (Å²) in [5, 5.41) is 16.2. The molecule has 134 valence electrons. The minimum atomic E-state index is -0.869. The van der Waals surface area contributed by atoms with Gasteiger partial charge in [-0.15, -0.1) is 11.3 Å². The van der Waals surface area contributed by atoms with E-state index < -0.39 is 12.0 Å². The second-order valence-electron chi connectivity index (χ2n) is 5.94. The molecule has 3 nitrogen and oxygen atoms in total. The van der Waals surface area contributed by atoms with E-state index in [1.165, 1.54) is 29.7 Å². The van der Waals surface area contributed by atoms with Crippen molar-refractivity contribution < 1.29 is 14.3 Å². The first-order valence-corrected chi connectivity index (χ1v) is 9.28. The van der Waals surface area contributed by atoms with Crippen LogP contribution in [0.5, 0.6) is 0 Å². The van der Waals surface area contributed by atoms with Crippen molar-refractivity contribution in [3.05, 3.63) is 76.0 Å². The van der Waals surface area contributed by atoms with Crippen LogP contribution in [-0.4, -0.2) is 17.1 Å². The van der Waals surface area contributed by atoms with Crippen molar-refractivity contribution in [2.45, 2.75) is 18.9 Å². The van der Waals surface area contributed by atoms with E-state index in [0.717, 1.165) is 21.2 Å². The molecule has 26 heavy (non-hydrogen) atoms. The number of halogens is 2. The fourth-order valence-electron chi connectivity index (χ4n) is 2.77. The van der Waals surface area contributed by atoms with Crippen LogP contribution >= 0.6 is 22.9 Å². The molecule has 0 spiro atoms. The van der Waals surface area contributed by atoms with Gasteiger partial charge in [0.25, 0.3) is 0 Å². The fraction of sp³-hybridized carbons (Fsp3) is 0.150. The molecule has 1 heterocycles. The lowest BCUT2D eigenvalue weighted by Crippen LogP contribution is -2.31. The lowest BCUT2D eigenvalue weighted by atomic mass is 9.93. The van der Waals surface area contributed by atoms with E-state index in [1.54, 1.807) is 37.3 Å². The summed E-state index contributed by atoms with van der Waals surface area (Å²) in [6.45, 7) is 1.59. The Morgan fingerprint density at radius 1 is 1.27 bits per heavy atom. The second-order valence-corrected chi connectivity index (χ2v) is 7.29. The Labute approximate surface area is 159 Å². The normalized spacial score (nSPS) is 13.8. The van der Waals surface area contributed by atoms with Gasteiger partial charge in [-0.1, -0.05) is 23.7 Å². The Bertz CT molecular complexity index is 950. The molecule has 1 amide bonds. The highest BCUT2D eigenvalue weighted by molar-refractivity contribution is 7.17. The third-order valence-electron chi connectivity index (χ3n) is 4.04. The van der Waals surface area contributed by atoms with E-state index in [0.29, 0.717) is 5.02 Å². The summed E-state index contributed by atoms with van der Waals surface area (Å²) in [4.78, 5) is 12.6. The minimum Gasteiger partial charge on any atom is -0.392 e. The molecule has 0 saturated carbocycles. The highest BCUT2D eigenvalue weighted by Crippen LogP contribution is 2.34. The van der Waals surface area contributed by atoms with E-state index in [1.807, 2.05) is 11.4 Å². The molecule has 2 unspecified atom stereocenters. The van der Waals surface area contributed by atoms with Gasteiger partial charge in [-0.2, -0.15) is 0 Å². The lowest BCUT2D eigenvalue weighted by molar-refractivity contribution is -0.123. The van der Waals surface area contributed by atoms with Crippen molar-refractivity contribution in [1.29, 1.82) is 0 Å². The number of aliphatic hydroxyl groups is 1. The quantitative estimate of drug-likeness (QED) is 0.649. The number of benzene rings is 2. The van der Waals surface area contributed by atoms with Gasteiger partial charge in [-0.25, -0.2) is 4.39 Å². The predicted octanol–water partition coefficient (Wildman–Crippen LogP) is 4.95. The average Bonchev–Trinajstić information content (AvgIpc) is 2.99. The summed E-state index contributed by atoms with van der Waals surface area (Å²) in [5.41, 5.74) is 1.50. The number of nitrogens with one attached hydrogen (secondary N) is 1. The highest BCUT2D eigenvalue weighted by atomic mass is 35.5. The van der Waals surface area contributed by atoms with Gasteiger partial charge >= 0.3 is 0 Å². The molecule has 0 aliphatic rings. The topological polar surface area (TPSA) is 49.3 Å². The maximum atomic E-state index is 12.9. The van der Waals surface area contributed by atoms with Gasteiger partial charge in [0.1, 0.15) is 5.82 Å². The van der Waals surface area contributed by atoms with Crippen molar-refractivity contribution >= 4 is 45.0 Å². The smallest absolute Gasteiger partial charge is 0.234 e. The van der Waals surface area contributed by atoms with Crippen molar-refractivity contribution in [2.75, 3.05) is 0 Å². The van der Waals surface area contributed by atoms with Gasteiger partial charge in [-0.3, -0.25) is 4.79 Å². The summed E-state index contributed by atoms with van der Waals surface area (Å²) in [6, 6.07) is 11.4. The van der Waals surface area contributed by atoms with Crippen LogP contribution in [-0.2, 0) is 4.79 Å². The molecule has 3 rings (SSSR count). The first-order chi connectivity index (χ1) is 12.5. The number of carbonyl (C=O) groups is 1. The van der Waals surface area contributed by atoms with Crippen molar-refractivity contribution in [3.63, 3.8) is 0 Å². The van der Waals surface area contributed by atoms with Gasteiger partial charge in [0.15, 0.2) is 0 Å². The standard InChI is InChI=1S/C20H17ClFNO2S/c1-12(24)19(17-11-26-18-7-4-14(21)10-16(17)18)20(25)23-9-8-13-2-5-15(22)6-3-13/h2-12,19,24H,1H3,(H,23,25)/b9-8+. The first-order valence-electron chi connectivity index (χ1n) is 8.03. The van der Waals surface area contributed by atoms with E-state index in [-0.39, 0.29) is 11.7 Å². The predicted molar refractivity (Wildman–Crippen MR) is 105 cm³/mol. The molecular weight excluding hydrogens is 373 g/mol. The number of rotatable bonds is 5. The number of amides is 1. The maximum absolute atomic E-state index is 12.9. The van der Waals surface area contributed by atoms with Crippen LogP contribution < -0.4 is 5.32 Å². The molecule has 2 aromatic carbocycles. The Morgan fingerprint density at radius 2 is 2.00 bits per heavy atom. The summed E-state index contributed by atoms with van der Waals surface area (Å²) in [5.74, 6) is -1.36. The third kappa shape index (κ3) is 4.12. The second kappa shape index (κ2) is 7.99. The van der Waals surface area contributed by atoms with Gasteiger partial charge in [0, 0.05) is 15.9 Å². The van der Waals surface area contributed by atoms with Crippen molar-refractivity contribution in [3.8, 4) is 0 Å². The molecule has 0 saturated heterocycles. The van der Waals surface area contributed by atoms with Gasteiger partial charge in [0.05, 0.1) is 12.0 Å². The number of hydrogen-bond donors (Lipinski definition) is 2. The number of aliphatic hydroxyl groups excluding tert-OH is 1. The Balaban J connectivity index is 1.81. The molecule has 0 aliphatic heterocycles. The van der Waals surface area contributed by atoms with Crippen LogP contribution in [0.1, 0.15) is 24.0 Å². The number of thiophene rings is 1. The maximum Gasteiger partial charge on any atom is 0.234 e. The molecule has 6 heteroatoms. The van der Waals surface area contributed by atoms with Gasteiger partial charge in [0.2, 0.25) is 5.91 Å². The highest BCUT2D eigenvalue weighted by Gasteiger charge is 2.27. The van der Waals surface area contributed by atoms with E-state index in [4.69, 9.17) is 11.6 Å². The van der Waals surface area contributed by atoms with Crippen LogP contribution in [0.3, 0.4) is 0 Å². The van der Waals surface area contributed by atoms with Crippen LogP contribution in [0.25, 0.3) is 16.2 Å². The number of fused-ring (bicyclic) bond motifs is 1. The zero-order valence-electron chi connectivity index (χ0n) is 13.9. The molecule has 2 atom stereocenters. The SMILES string of the molecule is CC(O)C(C(=O)N/C=C/c1ccc(F)cc1)c1csc2ccc(Cl)cc12. The van der Waals surface area contributed by atoms with Crippen LogP contribution in [0.4, 0.5) is 4.39 Å². The minimum absolute atomic E-state index is 0.316. The monoisotopic (exact) mass is 389 g/mol. The molecule has 3 aromatic rings. The molecule has 0 aliphatic carbocycles. The summed E-state index contributed by atoms with van der Waals surface area (Å²) in [6.07, 6.45) is 2.29. The zero-order chi connectivity index (χ0) is 18.7. The first kappa shape index (κ1) is 18.6. The van der Waals surface area contributed by atoms with Crippen LogP contribution in [0.15, 0.2) is 54.0 Å². The third-order valence-corrected chi connectivity index (χ3v) is 5.25. The Kier molecular flexibility index (Phi) is 5.71. The molecule has 0 radical (unpaired) electrons. The van der Waals surface area contributed by atoms with E-state index in [2.05, 4.69) is 5.32 Å². The molecule has 2 N–H and O–H groups in total. The largest absolute Gasteiger partial charge is 0.392 e. The molecular formula is C20H17ClFNO2S. The summed E-state index contributed by atoms with van der Waals surface area (Å²) in [7, 11) is 0. The molecule has 0 fully saturated rings.